The van der Waals surface area contributed by atoms with Crippen LogP contribution >= 0.6 is 10.3 Å². The maximum Gasteiger partial charge on any atom is 0.422 e. The first-order valence-electron chi connectivity index (χ1n) is 13.2. The second kappa shape index (κ2) is 12.0. The fraction of sp³-hybridized carbons (Fsp3) is 0.250. The molecule has 0 aromatic heterocycles. The molecule has 4 aromatic rings. The Labute approximate surface area is 241 Å². The normalized spacial score (nSPS) is 12.2. The lowest BCUT2D eigenvalue weighted by molar-refractivity contribution is 0.387. The predicted molar refractivity (Wildman–Crippen MR) is 170 cm³/mol. The Morgan fingerprint density at radius 3 is 1.07 bits per heavy atom. The van der Waals surface area contributed by atoms with E-state index in [0.29, 0.717) is 0 Å². The monoisotopic (exact) mass is 578 g/mol. The molecule has 0 saturated carbocycles. The van der Waals surface area contributed by atoms with Crippen molar-refractivity contribution in [3.05, 3.63) is 103 Å². The van der Waals surface area contributed by atoms with Crippen molar-refractivity contribution in [2.24, 2.45) is 0 Å². The molecule has 4 rings (SSSR count). The van der Waals surface area contributed by atoms with Gasteiger partial charge in [-0.15, -0.1) is 8.42 Å². The zero-order valence-corrected chi connectivity index (χ0v) is 26.0. The third-order valence-corrected chi connectivity index (χ3v) is 12.3. The van der Waals surface area contributed by atoms with Crippen molar-refractivity contribution in [2.45, 2.75) is 32.9 Å². The van der Waals surface area contributed by atoms with Gasteiger partial charge in [0.25, 0.3) is 0 Å². The number of hydrogen-bond acceptors (Lipinski definition) is 5. The van der Waals surface area contributed by atoms with Gasteiger partial charge in [0.2, 0.25) is 0 Å². The van der Waals surface area contributed by atoms with Crippen LogP contribution < -0.4 is 14.7 Å². The molecule has 0 aliphatic carbocycles. The molecule has 0 saturated heterocycles. The molecule has 4 aromatic carbocycles. The summed E-state index contributed by atoms with van der Waals surface area (Å²) in [4.78, 5) is 8.83. The molecule has 0 fully saturated rings. The minimum atomic E-state index is -4.04. The van der Waals surface area contributed by atoms with Gasteiger partial charge in [-0.05, 0) is 96.9 Å². The van der Waals surface area contributed by atoms with Gasteiger partial charge in [-0.1, -0.05) is 19.1 Å². The van der Waals surface area contributed by atoms with Crippen LogP contribution in [0.25, 0.3) is 0 Å². The molecule has 0 bridgehead atoms. The Morgan fingerprint density at radius 1 is 0.500 bits per heavy atom. The van der Waals surface area contributed by atoms with Crippen molar-refractivity contribution in [2.75, 3.05) is 57.0 Å². The van der Waals surface area contributed by atoms with E-state index < -0.39 is 20.4 Å². The van der Waals surface area contributed by atoms with Gasteiger partial charge in [0, 0.05) is 59.3 Å². The van der Waals surface area contributed by atoms with Gasteiger partial charge in [-0.3, -0.25) is 3.63 Å². The Kier molecular flexibility index (Phi) is 8.83. The third kappa shape index (κ3) is 5.99. The van der Waals surface area contributed by atoms with Gasteiger partial charge in [0.15, 0.2) is 0 Å². The van der Waals surface area contributed by atoms with E-state index in [2.05, 4.69) is 6.92 Å². The quantitative estimate of drug-likeness (QED) is 0.148. The SMILES string of the molecule is CCc1ccc(S(=O)(=O)[OH+]S(c2ccc(N(C)C)cc2)(c2ccc(N(C)C)cc2)c2ccc(N(C)C)cc2)cc1. The molecule has 0 atom stereocenters. The van der Waals surface area contributed by atoms with E-state index in [-0.39, 0.29) is 4.90 Å². The zero-order valence-electron chi connectivity index (χ0n) is 24.4. The lowest BCUT2D eigenvalue weighted by Crippen LogP contribution is -2.19. The molecule has 40 heavy (non-hydrogen) atoms. The van der Waals surface area contributed by atoms with Crippen LogP contribution in [0, 0.1) is 0 Å². The molecule has 0 radical (unpaired) electrons. The minimum Gasteiger partial charge on any atom is -0.378 e. The predicted octanol–water partition coefficient (Wildman–Crippen LogP) is 7.13. The lowest BCUT2D eigenvalue weighted by atomic mass is 10.2. The van der Waals surface area contributed by atoms with Crippen LogP contribution in [0.3, 0.4) is 0 Å². The summed E-state index contributed by atoms with van der Waals surface area (Å²) in [6.45, 7) is 2.05. The van der Waals surface area contributed by atoms with Crippen molar-refractivity contribution in [3.63, 3.8) is 0 Å². The topological polar surface area (TPSA) is 56.7 Å². The summed E-state index contributed by atoms with van der Waals surface area (Å²) < 4.78 is 33.2. The largest absolute Gasteiger partial charge is 0.422 e. The molecule has 8 heteroatoms. The molecule has 6 nitrogen and oxygen atoms in total. The van der Waals surface area contributed by atoms with E-state index in [0.717, 1.165) is 43.7 Å². The number of rotatable bonds is 10. The molecule has 1 N–H and O–H groups in total. The first kappa shape index (κ1) is 29.5. The summed E-state index contributed by atoms with van der Waals surface area (Å²) >= 11 is 0. The molecule has 0 unspecified atom stereocenters. The second-order valence-electron chi connectivity index (χ2n) is 10.3. The van der Waals surface area contributed by atoms with E-state index in [1.54, 1.807) is 12.1 Å². The third-order valence-electron chi connectivity index (χ3n) is 6.92. The zero-order chi connectivity index (χ0) is 29.1. The molecule has 0 spiro atoms. The average molecular weight is 579 g/mol. The maximum absolute atomic E-state index is 14.1. The van der Waals surface area contributed by atoms with Gasteiger partial charge < -0.3 is 14.7 Å². The number of benzene rings is 4. The number of hydrogen-bond donors (Lipinski definition) is 0. The minimum absolute atomic E-state index is 0.196. The average Bonchev–Trinajstić information content (AvgIpc) is 2.96. The maximum atomic E-state index is 14.1. The van der Waals surface area contributed by atoms with Crippen LogP contribution in [0.2, 0.25) is 0 Å². The number of nitrogens with zero attached hydrogens (tertiary/aromatic N) is 3. The van der Waals surface area contributed by atoms with Crippen LogP contribution in [0.4, 0.5) is 17.1 Å². The van der Waals surface area contributed by atoms with Gasteiger partial charge in [-0.25, -0.2) is 0 Å². The highest BCUT2D eigenvalue weighted by atomic mass is 32.3. The van der Waals surface area contributed by atoms with Crippen molar-refractivity contribution in [1.29, 1.82) is 0 Å². The molecular formula is C32H40N3O3S2+. The molecule has 0 aliphatic rings. The Hall–Kier alpha value is -3.46. The number of aryl methyl sites for hydroxylation is 1. The van der Waals surface area contributed by atoms with Gasteiger partial charge in [-0.2, -0.15) is 0 Å². The van der Waals surface area contributed by atoms with E-state index in [1.807, 2.05) is 142 Å². The first-order chi connectivity index (χ1) is 19.0. The molecule has 212 valence electrons. The van der Waals surface area contributed by atoms with Gasteiger partial charge in [0.05, 0.1) is 25.0 Å². The van der Waals surface area contributed by atoms with Crippen LogP contribution in [-0.2, 0) is 16.5 Å². The number of anilines is 3. The van der Waals surface area contributed by atoms with Crippen LogP contribution in [0.5, 0.6) is 0 Å². The van der Waals surface area contributed by atoms with Gasteiger partial charge in [0.1, 0.15) is 4.90 Å². The molecule has 0 aliphatic heterocycles. The fourth-order valence-electron chi connectivity index (χ4n) is 4.45. The van der Waals surface area contributed by atoms with E-state index >= 15 is 0 Å². The van der Waals surface area contributed by atoms with E-state index in [1.165, 1.54) is 0 Å². The Bertz CT molecular complexity index is 1390. The highest BCUT2D eigenvalue weighted by Gasteiger charge is 2.43. The standard InChI is InChI=1S/C32H39N3O3S2/c1-8-25-9-17-32(18-10-25)40(36,37)38-39(29-19-11-26(12-20-29)33(2)3,30-21-13-27(14-22-30)34(4)5)31-23-15-28(16-24-31)35(6)7/h9-24H,8H2,1-7H3/p+1. The van der Waals surface area contributed by atoms with Crippen LogP contribution in [-0.4, -0.2) is 54.3 Å². The van der Waals surface area contributed by atoms with Crippen molar-refractivity contribution in [3.8, 4) is 0 Å². The lowest BCUT2D eigenvalue weighted by Gasteiger charge is -2.35. The Balaban J connectivity index is 2.01. The molecule has 0 heterocycles. The summed E-state index contributed by atoms with van der Waals surface area (Å²) in [6.07, 6.45) is 0.835. The summed E-state index contributed by atoms with van der Waals surface area (Å²) in [5, 5.41) is 0. The van der Waals surface area contributed by atoms with Crippen molar-refractivity contribution < 1.29 is 12.0 Å². The fourth-order valence-corrected chi connectivity index (χ4v) is 9.89. The Morgan fingerprint density at radius 2 is 0.800 bits per heavy atom. The van der Waals surface area contributed by atoms with Crippen LogP contribution in [0.1, 0.15) is 12.5 Å². The summed E-state index contributed by atoms with van der Waals surface area (Å²) in [6, 6.07) is 31.3. The first-order valence-corrected chi connectivity index (χ1v) is 16.2. The molecular weight excluding hydrogens is 539 g/mol. The smallest absolute Gasteiger partial charge is 0.378 e. The van der Waals surface area contributed by atoms with Crippen LogP contribution in [0.15, 0.2) is 117 Å². The molecule has 0 amide bonds. The van der Waals surface area contributed by atoms with Crippen molar-refractivity contribution in [1.82, 2.24) is 0 Å². The highest BCUT2D eigenvalue weighted by molar-refractivity contribution is 8.32. The van der Waals surface area contributed by atoms with Gasteiger partial charge >= 0.3 is 10.1 Å². The van der Waals surface area contributed by atoms with E-state index in [4.69, 9.17) is 3.63 Å². The second-order valence-corrected chi connectivity index (χ2v) is 14.9. The highest BCUT2D eigenvalue weighted by Crippen LogP contribution is 2.69. The van der Waals surface area contributed by atoms with Crippen molar-refractivity contribution >= 4 is 37.5 Å². The summed E-state index contributed by atoms with van der Waals surface area (Å²) in [5.41, 5.74) is 4.17. The summed E-state index contributed by atoms with van der Waals surface area (Å²) in [5.74, 6) is 0. The van der Waals surface area contributed by atoms with E-state index in [9.17, 15) is 8.42 Å². The summed E-state index contributed by atoms with van der Waals surface area (Å²) in [7, 11) is 5.30.